The molecule has 0 unspecified atom stereocenters. The molecule has 2 bridgehead atoms. The second kappa shape index (κ2) is 4.22. The Morgan fingerprint density at radius 3 is 2.00 bits per heavy atom. The molecule has 0 aromatic carbocycles. The molecule has 2 aliphatic heterocycles. The summed E-state index contributed by atoms with van der Waals surface area (Å²) < 4.78 is 13.8. The maximum atomic E-state index is 11.2. The number of carbonyl (C=O) groups is 3. The minimum absolute atomic E-state index is 0. The molecular weight excluding hydrogens is 427 g/mol. The molecule has 2 aliphatic rings. The zero-order chi connectivity index (χ0) is 10.3. The molecular formula is C6H6ClO7Pb. The average molecular weight is 433 g/mol. The van der Waals surface area contributed by atoms with Crippen molar-refractivity contribution in [2.45, 2.75) is 18.4 Å². The normalized spacial score (nSPS) is 24.2. The molecule has 2 fully saturated rings. The summed E-state index contributed by atoms with van der Waals surface area (Å²) >= 11 is -3.80. The minimum atomic E-state index is -3.80. The Balaban J connectivity index is 0.00000112. The van der Waals surface area contributed by atoms with Gasteiger partial charge in [-0.2, -0.15) is 0 Å². The van der Waals surface area contributed by atoms with Crippen LogP contribution in [0.5, 0.6) is 0 Å². The molecule has 9 heteroatoms. The van der Waals surface area contributed by atoms with E-state index in [1.165, 1.54) is 0 Å². The van der Waals surface area contributed by atoms with Gasteiger partial charge >= 0.3 is 88.0 Å². The molecule has 2 heterocycles. The van der Waals surface area contributed by atoms with E-state index < -0.39 is 60.4 Å². The number of halogens is 1. The van der Waals surface area contributed by atoms with Gasteiger partial charge in [0.1, 0.15) is 0 Å². The van der Waals surface area contributed by atoms with E-state index in [1.807, 2.05) is 0 Å². The third-order valence-corrected chi connectivity index (χ3v) is 6.26. The molecule has 7 nitrogen and oxygen atoms in total. The Morgan fingerprint density at radius 2 is 1.53 bits per heavy atom. The zero-order valence-electron chi connectivity index (χ0n) is 7.22. The van der Waals surface area contributed by atoms with Crippen LogP contribution in [0, 0.1) is 0 Å². The van der Waals surface area contributed by atoms with Crippen molar-refractivity contribution in [3.63, 3.8) is 0 Å². The van der Waals surface area contributed by atoms with Gasteiger partial charge in [0.05, 0.1) is 0 Å². The molecule has 2 rings (SSSR count). The van der Waals surface area contributed by atoms with Crippen LogP contribution in [0.15, 0.2) is 0 Å². The Bertz CT molecular complexity index is 309. The van der Waals surface area contributed by atoms with Crippen molar-refractivity contribution in [1.29, 1.82) is 0 Å². The molecule has 0 spiro atoms. The first-order valence-corrected chi connectivity index (χ1v) is 8.49. The Morgan fingerprint density at radius 1 is 1.07 bits per heavy atom. The molecule has 15 heavy (non-hydrogen) atoms. The van der Waals surface area contributed by atoms with Crippen molar-refractivity contribution >= 4 is 54.4 Å². The van der Waals surface area contributed by atoms with Crippen LogP contribution in [0.3, 0.4) is 0 Å². The summed E-state index contributed by atoms with van der Waals surface area (Å²) in [5.41, 5.74) is -2.10. The van der Waals surface area contributed by atoms with Gasteiger partial charge in [0.15, 0.2) is 0 Å². The molecule has 2 saturated heterocycles. The predicted octanol–water partition coefficient (Wildman–Crippen LogP) is -1.44. The summed E-state index contributed by atoms with van der Waals surface area (Å²) in [6.07, 6.45) is -1.09. The van der Waals surface area contributed by atoms with Crippen molar-refractivity contribution < 1.29 is 27.6 Å². The Kier molecular flexibility index (Phi) is 3.56. The Hall–Kier alpha value is -0.418. The van der Waals surface area contributed by atoms with Gasteiger partial charge in [-0.15, -0.1) is 12.4 Å². The van der Waals surface area contributed by atoms with E-state index in [0.717, 1.165) is 0 Å². The molecule has 0 atom stereocenters. The third kappa shape index (κ3) is 2.39. The number of hydrogen-bond acceptors (Lipinski definition) is 7. The molecule has 0 aromatic rings. The number of carbonyl (C=O) groups excluding carboxylic acids is 3. The predicted molar refractivity (Wildman–Crippen MR) is 45.5 cm³/mol. The fourth-order valence-electron chi connectivity index (χ4n) is 1.18. The quantitative estimate of drug-likeness (QED) is 0.468. The fraction of sp³-hybridized carbons (Fsp3) is 0.500. The zero-order valence-corrected chi connectivity index (χ0v) is 11.9. The van der Waals surface area contributed by atoms with Crippen LogP contribution in [-0.4, -0.2) is 52.7 Å². The van der Waals surface area contributed by atoms with Gasteiger partial charge in [-0.25, -0.2) is 0 Å². The van der Waals surface area contributed by atoms with Gasteiger partial charge in [-0.3, -0.25) is 0 Å². The van der Waals surface area contributed by atoms with E-state index in [4.69, 9.17) is 0 Å². The standard InChI is InChI=1S/C6H8O7.ClH.Pb/c7-3(8)1-6(13,5(11)12)2-4(9)10;;/h13H,1-2H2,(H,7,8)(H,9,10)(H,11,12);1H;/q;;+3/p-3. The van der Waals surface area contributed by atoms with Crippen LogP contribution in [0.1, 0.15) is 12.8 Å². The number of aliphatic hydroxyl groups is 1. The SMILES string of the molecule is Cl.O=C1CC2(O)CC(=O)[O][Pb]([O]1)[O]C2=O. The molecule has 0 aliphatic carbocycles. The fourth-order valence-corrected chi connectivity index (χ4v) is 5.00. The van der Waals surface area contributed by atoms with Crippen LogP contribution in [0.2, 0.25) is 0 Å². The van der Waals surface area contributed by atoms with E-state index in [2.05, 4.69) is 8.06 Å². The van der Waals surface area contributed by atoms with Gasteiger partial charge in [0.25, 0.3) is 0 Å². The molecule has 1 radical (unpaired) electrons. The van der Waals surface area contributed by atoms with Crippen molar-refractivity contribution in [3.05, 3.63) is 0 Å². The maximum absolute atomic E-state index is 11.2. The Labute approximate surface area is 100 Å². The van der Waals surface area contributed by atoms with Gasteiger partial charge in [0, 0.05) is 0 Å². The van der Waals surface area contributed by atoms with Crippen LogP contribution in [0.25, 0.3) is 0 Å². The number of rotatable bonds is 0. The third-order valence-electron chi connectivity index (χ3n) is 1.82. The van der Waals surface area contributed by atoms with Crippen LogP contribution in [0.4, 0.5) is 0 Å². The van der Waals surface area contributed by atoms with E-state index in [9.17, 15) is 19.5 Å². The van der Waals surface area contributed by atoms with Crippen molar-refractivity contribution in [2.24, 2.45) is 0 Å². The van der Waals surface area contributed by atoms with Crippen LogP contribution < -0.4 is 0 Å². The van der Waals surface area contributed by atoms with Crippen molar-refractivity contribution in [3.8, 4) is 0 Å². The monoisotopic (exact) mass is 433 g/mol. The van der Waals surface area contributed by atoms with E-state index in [1.54, 1.807) is 0 Å². The van der Waals surface area contributed by atoms with Gasteiger partial charge in [-0.1, -0.05) is 0 Å². The summed E-state index contributed by atoms with van der Waals surface area (Å²) in [5, 5.41) is 9.65. The second-order valence-electron chi connectivity index (χ2n) is 2.97. The summed E-state index contributed by atoms with van der Waals surface area (Å²) in [5.74, 6) is -2.50. The first kappa shape index (κ1) is 12.7. The van der Waals surface area contributed by atoms with Crippen molar-refractivity contribution in [2.75, 3.05) is 0 Å². The first-order valence-electron chi connectivity index (χ1n) is 3.72. The first-order chi connectivity index (χ1) is 6.49. The molecule has 0 aromatic heterocycles. The van der Waals surface area contributed by atoms with Crippen LogP contribution in [-0.2, 0) is 22.4 Å². The van der Waals surface area contributed by atoms with E-state index in [-0.39, 0.29) is 12.4 Å². The molecule has 1 N–H and O–H groups in total. The van der Waals surface area contributed by atoms with Crippen molar-refractivity contribution in [1.82, 2.24) is 0 Å². The summed E-state index contributed by atoms with van der Waals surface area (Å²) in [6, 6.07) is 0. The summed E-state index contributed by atoms with van der Waals surface area (Å²) in [6.45, 7) is 0. The second-order valence-corrected chi connectivity index (χ2v) is 7.30. The average Bonchev–Trinajstić information content (AvgIpc) is 2.13. The van der Waals surface area contributed by atoms with Gasteiger partial charge in [-0.05, 0) is 0 Å². The van der Waals surface area contributed by atoms with E-state index >= 15 is 0 Å². The molecule has 0 amide bonds. The van der Waals surface area contributed by atoms with Gasteiger partial charge < -0.3 is 0 Å². The topological polar surface area (TPSA) is 99.1 Å². The molecule has 0 saturated carbocycles. The molecule has 83 valence electrons. The summed E-state index contributed by atoms with van der Waals surface area (Å²) in [4.78, 5) is 33.2. The van der Waals surface area contributed by atoms with E-state index in [0.29, 0.717) is 0 Å². The van der Waals surface area contributed by atoms with Crippen LogP contribution >= 0.6 is 12.4 Å². The van der Waals surface area contributed by atoms with Gasteiger partial charge in [0.2, 0.25) is 0 Å². The number of hydrogen-bond donors (Lipinski definition) is 1. The number of fused-ring (bicyclic) bond motifs is 3. The summed E-state index contributed by atoms with van der Waals surface area (Å²) in [7, 11) is 0.